The molecule has 4 heterocycles. The molecule has 0 atom stereocenters. The molecule has 2 aliphatic heterocycles. The molecule has 2 saturated heterocycles. The van der Waals surface area contributed by atoms with Crippen LogP contribution in [0.2, 0.25) is 0 Å². The number of rotatable bonds is 5. The number of aryl methyl sites for hydroxylation is 1. The van der Waals surface area contributed by atoms with Crippen LogP contribution in [0.3, 0.4) is 0 Å². The first-order valence-corrected chi connectivity index (χ1v) is 11.5. The summed E-state index contributed by atoms with van der Waals surface area (Å²) in [7, 11) is 0. The molecule has 0 saturated carbocycles. The third-order valence-corrected chi connectivity index (χ3v) is 7.44. The first-order valence-electron chi connectivity index (χ1n) is 10.7. The van der Waals surface area contributed by atoms with E-state index in [4.69, 9.17) is 0 Å². The van der Waals surface area contributed by atoms with Crippen molar-refractivity contribution in [3.63, 3.8) is 0 Å². The van der Waals surface area contributed by atoms with Crippen LogP contribution in [0.1, 0.15) is 38.0 Å². The molecule has 0 aromatic carbocycles. The van der Waals surface area contributed by atoms with Gasteiger partial charge in [-0.3, -0.25) is 4.79 Å². The summed E-state index contributed by atoms with van der Waals surface area (Å²) in [6.45, 7) is 11.2. The zero-order valence-electron chi connectivity index (χ0n) is 17.1. The number of piperazine rings is 1. The van der Waals surface area contributed by atoms with E-state index in [2.05, 4.69) is 44.6 Å². The zero-order chi connectivity index (χ0) is 19.5. The third-order valence-electron chi connectivity index (χ3n) is 6.26. The summed E-state index contributed by atoms with van der Waals surface area (Å²) in [5.74, 6) is 1.92. The predicted octanol–water partition coefficient (Wildman–Crippen LogP) is 3.02. The molecule has 2 aromatic rings. The Morgan fingerprint density at radius 1 is 1.11 bits per heavy atom. The highest BCUT2D eigenvalue weighted by Crippen LogP contribution is 2.33. The molecule has 0 aliphatic carbocycles. The summed E-state index contributed by atoms with van der Waals surface area (Å²) in [6.07, 6.45) is 5.57. The molecule has 2 aromatic heterocycles. The summed E-state index contributed by atoms with van der Waals surface area (Å²) in [5, 5.41) is 1.19. The SMILES string of the molecule is CCc1cc2c(N3CCC(CC(=O)N4CCN(CC)CC4)CC3)ncnc2s1. The van der Waals surface area contributed by atoms with Crippen LogP contribution in [-0.2, 0) is 11.2 Å². The molecule has 152 valence electrons. The average molecular weight is 402 g/mol. The quantitative estimate of drug-likeness (QED) is 0.771. The minimum Gasteiger partial charge on any atom is -0.356 e. The first-order chi connectivity index (χ1) is 13.7. The molecule has 4 rings (SSSR count). The molecular formula is C21H31N5OS. The number of amides is 1. The Balaban J connectivity index is 1.33. The number of nitrogens with zero attached hydrogens (tertiary/aromatic N) is 5. The molecule has 0 bridgehead atoms. The number of thiophene rings is 1. The van der Waals surface area contributed by atoms with Crippen LogP contribution in [0.5, 0.6) is 0 Å². The topological polar surface area (TPSA) is 52.6 Å². The number of carbonyl (C=O) groups is 1. The lowest BCUT2D eigenvalue weighted by molar-refractivity contribution is -0.134. The van der Waals surface area contributed by atoms with E-state index in [1.54, 1.807) is 17.7 Å². The third kappa shape index (κ3) is 4.15. The predicted molar refractivity (Wildman–Crippen MR) is 115 cm³/mol. The second kappa shape index (κ2) is 8.74. The van der Waals surface area contributed by atoms with Crippen molar-refractivity contribution in [2.24, 2.45) is 5.92 Å². The largest absolute Gasteiger partial charge is 0.356 e. The van der Waals surface area contributed by atoms with Crippen LogP contribution in [0, 0.1) is 5.92 Å². The van der Waals surface area contributed by atoms with Crippen molar-refractivity contribution in [2.45, 2.75) is 39.5 Å². The first kappa shape index (κ1) is 19.6. The number of likely N-dealkylation sites (N-methyl/N-ethyl adjacent to an activating group) is 1. The highest BCUT2D eigenvalue weighted by atomic mass is 32.1. The molecule has 2 fully saturated rings. The normalized spacial score (nSPS) is 19.5. The summed E-state index contributed by atoms with van der Waals surface area (Å²) in [5.41, 5.74) is 0. The Hall–Kier alpha value is -1.73. The van der Waals surface area contributed by atoms with Crippen LogP contribution in [0.25, 0.3) is 10.2 Å². The number of carbonyl (C=O) groups excluding carboxylic acids is 1. The van der Waals surface area contributed by atoms with Gasteiger partial charge in [0.05, 0.1) is 5.39 Å². The summed E-state index contributed by atoms with van der Waals surface area (Å²) in [6, 6.07) is 2.25. The number of piperidine rings is 1. The van der Waals surface area contributed by atoms with E-state index in [9.17, 15) is 4.79 Å². The van der Waals surface area contributed by atoms with Gasteiger partial charge >= 0.3 is 0 Å². The fraction of sp³-hybridized carbons (Fsp3) is 0.667. The molecule has 6 nitrogen and oxygen atoms in total. The maximum atomic E-state index is 12.7. The van der Waals surface area contributed by atoms with Crippen molar-refractivity contribution in [3.8, 4) is 0 Å². The molecule has 0 radical (unpaired) electrons. The summed E-state index contributed by atoms with van der Waals surface area (Å²) < 4.78 is 0. The van der Waals surface area contributed by atoms with Crippen molar-refractivity contribution in [2.75, 3.05) is 50.7 Å². The fourth-order valence-corrected chi connectivity index (χ4v) is 5.29. The molecule has 28 heavy (non-hydrogen) atoms. The second-order valence-electron chi connectivity index (χ2n) is 7.93. The van der Waals surface area contributed by atoms with Crippen LogP contribution in [0.4, 0.5) is 5.82 Å². The number of aromatic nitrogens is 2. The van der Waals surface area contributed by atoms with Crippen molar-refractivity contribution in [1.29, 1.82) is 0 Å². The average Bonchev–Trinajstić information content (AvgIpc) is 3.18. The maximum Gasteiger partial charge on any atom is 0.222 e. The van der Waals surface area contributed by atoms with Crippen LogP contribution < -0.4 is 4.90 Å². The Morgan fingerprint density at radius 3 is 2.54 bits per heavy atom. The molecule has 0 N–H and O–H groups in total. The van der Waals surface area contributed by atoms with Crippen LogP contribution in [0.15, 0.2) is 12.4 Å². The molecule has 1 amide bonds. The standard InChI is InChI=1S/C21H31N5OS/c1-3-17-14-18-20(22-15-23-21(18)28-17)26-7-5-16(6-8-26)13-19(27)25-11-9-24(4-2)10-12-25/h14-16H,3-13H2,1-2H3. The van der Waals surface area contributed by atoms with Crippen molar-refractivity contribution >= 4 is 33.3 Å². The van der Waals surface area contributed by atoms with Crippen LogP contribution >= 0.6 is 11.3 Å². The van der Waals surface area contributed by atoms with Gasteiger partial charge in [-0.1, -0.05) is 13.8 Å². The smallest absolute Gasteiger partial charge is 0.222 e. The highest BCUT2D eigenvalue weighted by molar-refractivity contribution is 7.18. The maximum absolute atomic E-state index is 12.7. The summed E-state index contributed by atoms with van der Waals surface area (Å²) >= 11 is 1.77. The van der Waals surface area contributed by atoms with E-state index < -0.39 is 0 Å². The lowest BCUT2D eigenvalue weighted by Gasteiger charge is -2.36. The second-order valence-corrected chi connectivity index (χ2v) is 9.05. The van der Waals surface area contributed by atoms with Crippen molar-refractivity contribution in [1.82, 2.24) is 19.8 Å². The lowest BCUT2D eigenvalue weighted by atomic mass is 9.92. The van der Waals surface area contributed by atoms with Gasteiger partial charge in [0.1, 0.15) is 17.0 Å². The number of hydrogen-bond acceptors (Lipinski definition) is 6. The van der Waals surface area contributed by atoms with Gasteiger partial charge in [0.25, 0.3) is 0 Å². The van der Waals surface area contributed by atoms with Gasteiger partial charge < -0.3 is 14.7 Å². The lowest BCUT2D eigenvalue weighted by Crippen LogP contribution is -2.49. The van der Waals surface area contributed by atoms with Crippen molar-refractivity contribution in [3.05, 3.63) is 17.3 Å². The van der Waals surface area contributed by atoms with E-state index in [0.717, 1.165) is 75.7 Å². The minimum absolute atomic E-state index is 0.351. The van der Waals surface area contributed by atoms with Crippen LogP contribution in [-0.4, -0.2) is 71.5 Å². The molecule has 0 spiro atoms. The number of fused-ring (bicyclic) bond motifs is 1. The van der Waals surface area contributed by atoms with E-state index in [0.29, 0.717) is 18.2 Å². The zero-order valence-corrected chi connectivity index (χ0v) is 17.9. The Labute approximate surface area is 171 Å². The number of anilines is 1. The van der Waals surface area contributed by atoms with Crippen molar-refractivity contribution < 1.29 is 4.79 Å². The minimum atomic E-state index is 0.351. The highest BCUT2D eigenvalue weighted by Gasteiger charge is 2.27. The number of hydrogen-bond donors (Lipinski definition) is 0. The van der Waals surface area contributed by atoms with E-state index in [-0.39, 0.29) is 0 Å². The van der Waals surface area contributed by atoms with Gasteiger partial charge in [0, 0.05) is 50.6 Å². The fourth-order valence-electron chi connectivity index (χ4n) is 4.36. The van der Waals surface area contributed by atoms with Gasteiger partial charge in [0.15, 0.2) is 0 Å². The molecule has 2 aliphatic rings. The molecule has 0 unspecified atom stereocenters. The Bertz CT molecular complexity index is 806. The van der Waals surface area contributed by atoms with Gasteiger partial charge in [-0.05, 0) is 37.8 Å². The monoisotopic (exact) mass is 401 g/mol. The Kier molecular flexibility index (Phi) is 6.11. The van der Waals surface area contributed by atoms with Gasteiger partial charge in [-0.2, -0.15) is 0 Å². The van der Waals surface area contributed by atoms with Gasteiger partial charge in [-0.15, -0.1) is 11.3 Å². The van der Waals surface area contributed by atoms with E-state index in [1.165, 1.54) is 10.3 Å². The van der Waals surface area contributed by atoms with Gasteiger partial charge in [-0.25, -0.2) is 9.97 Å². The summed E-state index contributed by atoms with van der Waals surface area (Å²) in [4.78, 5) is 31.1. The Morgan fingerprint density at radius 2 is 1.86 bits per heavy atom. The molecule has 7 heteroatoms. The van der Waals surface area contributed by atoms with E-state index in [1.807, 2.05) is 0 Å². The molecular weight excluding hydrogens is 370 g/mol. The van der Waals surface area contributed by atoms with Gasteiger partial charge in [0.2, 0.25) is 5.91 Å². The van der Waals surface area contributed by atoms with E-state index >= 15 is 0 Å².